The summed E-state index contributed by atoms with van der Waals surface area (Å²) in [6, 6.07) is 7.55. The first-order valence-corrected chi connectivity index (χ1v) is 6.66. The molecule has 2 atom stereocenters. The Kier molecular flexibility index (Phi) is 3.14. The van der Waals surface area contributed by atoms with E-state index in [0.717, 1.165) is 31.7 Å². The maximum absolute atomic E-state index is 12.2. The number of carbonyl (C=O) groups excluding carboxylic acids is 1. The fourth-order valence-corrected chi connectivity index (χ4v) is 2.96. The molecule has 2 aliphatic rings. The molecular formula is C13H16ClN3O. The molecule has 3 rings (SSSR count). The molecule has 0 bridgehead atoms. The van der Waals surface area contributed by atoms with E-state index in [1.807, 2.05) is 17.0 Å². The van der Waals surface area contributed by atoms with Gasteiger partial charge in [-0.25, -0.2) is 4.79 Å². The van der Waals surface area contributed by atoms with Crippen molar-refractivity contribution in [1.29, 1.82) is 0 Å². The number of carbonyl (C=O) groups is 1. The number of rotatable bonds is 1. The highest BCUT2D eigenvalue weighted by atomic mass is 35.5. The molecule has 0 unspecified atom stereocenters. The van der Waals surface area contributed by atoms with Gasteiger partial charge in [-0.1, -0.05) is 11.6 Å². The molecule has 2 N–H and O–H groups in total. The maximum Gasteiger partial charge on any atom is 0.322 e. The van der Waals surface area contributed by atoms with Gasteiger partial charge in [0.2, 0.25) is 0 Å². The topological polar surface area (TPSA) is 44.4 Å². The molecule has 2 heterocycles. The normalized spacial score (nSPS) is 26.2. The third kappa shape index (κ3) is 2.18. The monoisotopic (exact) mass is 265 g/mol. The average Bonchev–Trinajstić information content (AvgIpc) is 2.93. The van der Waals surface area contributed by atoms with Gasteiger partial charge >= 0.3 is 6.03 Å². The van der Waals surface area contributed by atoms with Crippen LogP contribution >= 0.6 is 11.6 Å². The Hall–Kier alpha value is -1.26. The van der Waals surface area contributed by atoms with E-state index < -0.39 is 0 Å². The van der Waals surface area contributed by atoms with E-state index in [2.05, 4.69) is 10.6 Å². The molecule has 5 heteroatoms. The van der Waals surface area contributed by atoms with Gasteiger partial charge < -0.3 is 15.5 Å². The van der Waals surface area contributed by atoms with E-state index in [0.29, 0.717) is 17.0 Å². The van der Waals surface area contributed by atoms with Crippen molar-refractivity contribution in [3.05, 3.63) is 29.3 Å². The third-order valence-electron chi connectivity index (χ3n) is 3.80. The molecule has 2 aliphatic heterocycles. The highest BCUT2D eigenvalue weighted by Gasteiger charge is 2.39. The molecule has 0 spiro atoms. The van der Waals surface area contributed by atoms with E-state index in [9.17, 15) is 4.79 Å². The van der Waals surface area contributed by atoms with Crippen LogP contribution in [0.15, 0.2) is 24.3 Å². The summed E-state index contributed by atoms with van der Waals surface area (Å²) >= 11 is 5.82. The number of hydrogen-bond acceptors (Lipinski definition) is 2. The lowest BCUT2D eigenvalue weighted by molar-refractivity contribution is 0.206. The number of anilines is 1. The Labute approximate surface area is 111 Å². The van der Waals surface area contributed by atoms with Crippen LogP contribution in [-0.4, -0.2) is 36.6 Å². The van der Waals surface area contributed by atoms with Crippen LogP contribution in [0, 0.1) is 5.92 Å². The van der Waals surface area contributed by atoms with Gasteiger partial charge in [0.05, 0.1) is 0 Å². The largest absolute Gasteiger partial charge is 0.322 e. The summed E-state index contributed by atoms with van der Waals surface area (Å²) in [4.78, 5) is 14.1. The lowest BCUT2D eigenvalue weighted by atomic mass is 10.1. The summed E-state index contributed by atoms with van der Waals surface area (Å²) in [5, 5.41) is 6.94. The van der Waals surface area contributed by atoms with Gasteiger partial charge in [-0.2, -0.15) is 0 Å². The molecular weight excluding hydrogens is 250 g/mol. The first kappa shape index (κ1) is 11.8. The number of nitrogens with one attached hydrogen (secondary N) is 2. The van der Waals surface area contributed by atoms with Gasteiger partial charge in [-0.05, 0) is 36.6 Å². The number of amides is 2. The van der Waals surface area contributed by atoms with Crippen molar-refractivity contribution >= 4 is 23.3 Å². The summed E-state index contributed by atoms with van der Waals surface area (Å²) in [7, 11) is 0. The summed E-state index contributed by atoms with van der Waals surface area (Å²) in [5.41, 5.74) is 0.791. The number of likely N-dealkylation sites (tertiary alicyclic amines) is 1. The molecule has 0 radical (unpaired) electrons. The SMILES string of the molecule is O=C(Nc1ccc(Cl)cc1)N1CC[C@H]2CNC[C@H]21. The van der Waals surface area contributed by atoms with Crippen LogP contribution < -0.4 is 10.6 Å². The number of nitrogens with zero attached hydrogens (tertiary/aromatic N) is 1. The van der Waals surface area contributed by atoms with Crippen molar-refractivity contribution in [3.8, 4) is 0 Å². The van der Waals surface area contributed by atoms with Crippen molar-refractivity contribution in [3.63, 3.8) is 0 Å². The van der Waals surface area contributed by atoms with Crippen LogP contribution in [0.5, 0.6) is 0 Å². The molecule has 1 aromatic carbocycles. The van der Waals surface area contributed by atoms with Crippen LogP contribution in [0.3, 0.4) is 0 Å². The molecule has 2 fully saturated rings. The van der Waals surface area contributed by atoms with Crippen molar-refractivity contribution < 1.29 is 4.79 Å². The van der Waals surface area contributed by atoms with E-state index >= 15 is 0 Å². The molecule has 1 aromatic rings. The Morgan fingerprint density at radius 2 is 2.11 bits per heavy atom. The number of benzene rings is 1. The summed E-state index contributed by atoms with van der Waals surface area (Å²) in [5.74, 6) is 0.626. The number of hydrogen-bond donors (Lipinski definition) is 2. The molecule has 2 saturated heterocycles. The van der Waals surface area contributed by atoms with Crippen LogP contribution in [0.4, 0.5) is 10.5 Å². The highest BCUT2D eigenvalue weighted by Crippen LogP contribution is 2.27. The first-order chi connectivity index (χ1) is 8.74. The smallest absolute Gasteiger partial charge is 0.320 e. The van der Waals surface area contributed by atoms with Gasteiger partial charge in [0.15, 0.2) is 0 Å². The quantitative estimate of drug-likeness (QED) is 0.817. The second-order valence-electron chi connectivity index (χ2n) is 4.90. The minimum absolute atomic E-state index is 0.00600. The van der Waals surface area contributed by atoms with Crippen LogP contribution in [0.25, 0.3) is 0 Å². The number of halogens is 1. The lowest BCUT2D eigenvalue weighted by Crippen LogP contribution is -2.41. The van der Waals surface area contributed by atoms with Gasteiger partial charge in [0, 0.05) is 36.4 Å². The highest BCUT2D eigenvalue weighted by molar-refractivity contribution is 6.30. The van der Waals surface area contributed by atoms with Crippen molar-refractivity contribution in [2.45, 2.75) is 12.5 Å². The zero-order valence-corrected chi connectivity index (χ0v) is 10.8. The van der Waals surface area contributed by atoms with Gasteiger partial charge in [-0.15, -0.1) is 0 Å². The minimum atomic E-state index is -0.00600. The second kappa shape index (κ2) is 4.78. The Bertz CT molecular complexity index is 448. The van der Waals surface area contributed by atoms with Crippen LogP contribution in [-0.2, 0) is 0 Å². The van der Waals surface area contributed by atoms with Gasteiger partial charge in [0.25, 0.3) is 0 Å². The van der Waals surface area contributed by atoms with Gasteiger partial charge in [0.1, 0.15) is 0 Å². The maximum atomic E-state index is 12.2. The molecule has 2 amide bonds. The number of fused-ring (bicyclic) bond motifs is 1. The molecule has 0 aromatic heterocycles. The van der Waals surface area contributed by atoms with Crippen molar-refractivity contribution in [1.82, 2.24) is 10.2 Å². The Morgan fingerprint density at radius 3 is 2.89 bits per heavy atom. The fraction of sp³-hybridized carbons (Fsp3) is 0.462. The zero-order chi connectivity index (χ0) is 12.5. The summed E-state index contributed by atoms with van der Waals surface area (Å²) in [6.45, 7) is 2.81. The molecule has 96 valence electrons. The van der Waals surface area contributed by atoms with E-state index in [-0.39, 0.29) is 6.03 Å². The first-order valence-electron chi connectivity index (χ1n) is 6.28. The molecule has 4 nitrogen and oxygen atoms in total. The summed E-state index contributed by atoms with van der Waals surface area (Å²) in [6.07, 6.45) is 1.10. The third-order valence-corrected chi connectivity index (χ3v) is 4.05. The second-order valence-corrected chi connectivity index (χ2v) is 5.34. The average molecular weight is 266 g/mol. The minimum Gasteiger partial charge on any atom is -0.320 e. The van der Waals surface area contributed by atoms with Gasteiger partial charge in [-0.3, -0.25) is 0 Å². The van der Waals surface area contributed by atoms with Crippen LogP contribution in [0.2, 0.25) is 5.02 Å². The predicted octanol–water partition coefficient (Wildman–Crippen LogP) is 2.17. The predicted molar refractivity (Wildman–Crippen MR) is 71.9 cm³/mol. The Balaban J connectivity index is 1.66. The summed E-state index contributed by atoms with van der Waals surface area (Å²) < 4.78 is 0. The van der Waals surface area contributed by atoms with Crippen molar-refractivity contribution in [2.75, 3.05) is 25.0 Å². The van der Waals surface area contributed by atoms with Crippen molar-refractivity contribution in [2.24, 2.45) is 5.92 Å². The molecule has 0 aliphatic carbocycles. The standard InChI is InChI=1S/C13H16ClN3O/c14-10-1-3-11(4-2-10)16-13(18)17-6-5-9-7-15-8-12(9)17/h1-4,9,12,15H,5-8H2,(H,16,18)/t9-,12+/m0/s1. The zero-order valence-electron chi connectivity index (χ0n) is 10.0. The number of urea groups is 1. The molecule has 18 heavy (non-hydrogen) atoms. The molecule has 0 saturated carbocycles. The fourth-order valence-electron chi connectivity index (χ4n) is 2.83. The van der Waals surface area contributed by atoms with Crippen LogP contribution in [0.1, 0.15) is 6.42 Å². The Morgan fingerprint density at radius 1 is 1.33 bits per heavy atom. The van der Waals surface area contributed by atoms with E-state index in [1.165, 1.54) is 0 Å². The lowest BCUT2D eigenvalue weighted by Gasteiger charge is -2.23. The van der Waals surface area contributed by atoms with E-state index in [1.54, 1.807) is 12.1 Å². The van der Waals surface area contributed by atoms with E-state index in [4.69, 9.17) is 11.6 Å².